The van der Waals surface area contributed by atoms with Crippen LogP contribution >= 0.6 is 23.2 Å². The molecule has 17 heavy (non-hydrogen) atoms. The van der Waals surface area contributed by atoms with Crippen molar-refractivity contribution < 1.29 is 5.03 Å². The third-order valence-electron chi connectivity index (χ3n) is 1.53. The Morgan fingerprint density at radius 3 is 2.88 bits per heavy atom. The molecule has 0 aromatic heterocycles. The molecule has 0 atom stereocenters. The number of benzene rings is 1. The number of rotatable bonds is 3. The summed E-state index contributed by atoms with van der Waals surface area (Å²) >= 11 is 11.6. The van der Waals surface area contributed by atoms with E-state index in [-0.39, 0.29) is 0 Å². The van der Waals surface area contributed by atoms with Crippen LogP contribution in [0.25, 0.3) is 0 Å². The van der Waals surface area contributed by atoms with Gasteiger partial charge in [0.25, 0.3) is 5.96 Å². The van der Waals surface area contributed by atoms with E-state index < -0.39 is 11.0 Å². The molecular weight excluding hydrogens is 269 g/mol. The molecule has 90 valence electrons. The smallest absolute Gasteiger partial charge is 0.275 e. The number of guanidine groups is 1. The molecular formula is C8H7Cl2N5O2. The lowest BCUT2D eigenvalue weighted by atomic mass is 10.2. The minimum atomic E-state index is -0.847. The summed E-state index contributed by atoms with van der Waals surface area (Å²) in [6.45, 7) is 0. The van der Waals surface area contributed by atoms with Gasteiger partial charge in [0.1, 0.15) is 0 Å². The average Bonchev–Trinajstić information content (AvgIpc) is 2.22. The molecule has 0 spiro atoms. The Labute approximate surface area is 106 Å². The maximum Gasteiger partial charge on any atom is 0.275 e. The number of halogens is 2. The maximum absolute atomic E-state index is 9.98. The topological polar surface area (TPSA) is 106 Å². The number of nitrogens with two attached hydrogens (primary N) is 1. The molecule has 0 unspecified atom stereocenters. The number of nitro groups is 1. The first kappa shape index (κ1) is 13.2. The van der Waals surface area contributed by atoms with Crippen LogP contribution in [0.4, 0.5) is 0 Å². The van der Waals surface area contributed by atoms with Gasteiger partial charge in [-0.05, 0) is 18.2 Å². The summed E-state index contributed by atoms with van der Waals surface area (Å²) in [5, 5.41) is 16.9. The van der Waals surface area contributed by atoms with Gasteiger partial charge in [-0.15, -0.1) is 5.10 Å². The minimum Gasteiger partial charge on any atom is -0.364 e. The maximum atomic E-state index is 9.98. The molecule has 0 radical (unpaired) electrons. The summed E-state index contributed by atoms with van der Waals surface area (Å²) < 4.78 is 0. The number of hydrazine groups is 1. The normalized spacial score (nSPS) is 11.8. The molecule has 0 bridgehead atoms. The van der Waals surface area contributed by atoms with Gasteiger partial charge in [0.05, 0.1) is 6.21 Å². The quantitative estimate of drug-likeness (QED) is 0.377. The van der Waals surface area contributed by atoms with Gasteiger partial charge in [-0.1, -0.05) is 28.6 Å². The van der Waals surface area contributed by atoms with E-state index in [1.807, 2.05) is 0 Å². The molecule has 0 saturated carbocycles. The third kappa shape index (κ3) is 4.66. The molecule has 0 saturated heterocycles. The van der Waals surface area contributed by atoms with Crippen LogP contribution in [0.15, 0.2) is 28.4 Å². The van der Waals surface area contributed by atoms with Crippen LogP contribution in [0.1, 0.15) is 5.56 Å². The first-order chi connectivity index (χ1) is 7.99. The summed E-state index contributed by atoms with van der Waals surface area (Å²) in [6, 6.07) is 4.78. The Hall–Kier alpha value is -1.86. The Morgan fingerprint density at radius 2 is 2.24 bits per heavy atom. The largest absolute Gasteiger partial charge is 0.364 e. The molecule has 7 nitrogen and oxygen atoms in total. The molecule has 0 amide bonds. The van der Waals surface area contributed by atoms with Crippen molar-refractivity contribution in [1.29, 1.82) is 0 Å². The molecule has 0 fully saturated rings. The van der Waals surface area contributed by atoms with Crippen molar-refractivity contribution in [3.63, 3.8) is 0 Å². The van der Waals surface area contributed by atoms with E-state index >= 15 is 0 Å². The summed E-state index contributed by atoms with van der Waals surface area (Å²) in [5.41, 5.74) is 7.29. The SMILES string of the molecule is NC(=N/N=C/c1cc(Cl)ccc1Cl)N[N+](=O)[O-]. The Bertz CT molecular complexity index is 489. The van der Waals surface area contributed by atoms with Gasteiger partial charge in [-0.3, -0.25) is 0 Å². The van der Waals surface area contributed by atoms with E-state index in [1.165, 1.54) is 6.21 Å². The van der Waals surface area contributed by atoms with Gasteiger partial charge in [-0.25, -0.2) is 10.1 Å². The average molecular weight is 276 g/mol. The highest BCUT2D eigenvalue weighted by Crippen LogP contribution is 2.18. The fourth-order valence-electron chi connectivity index (χ4n) is 0.883. The van der Waals surface area contributed by atoms with Crippen molar-refractivity contribution in [3.8, 4) is 0 Å². The van der Waals surface area contributed by atoms with Crippen LogP contribution in [-0.2, 0) is 0 Å². The van der Waals surface area contributed by atoms with Crippen molar-refractivity contribution in [3.05, 3.63) is 43.9 Å². The second kappa shape index (κ2) is 6.02. The van der Waals surface area contributed by atoms with Crippen LogP contribution in [0, 0.1) is 10.1 Å². The molecule has 0 heterocycles. The first-order valence-corrected chi connectivity index (χ1v) is 4.97. The molecule has 1 aromatic carbocycles. The second-order valence-electron chi connectivity index (χ2n) is 2.76. The number of hydrogen-bond donors (Lipinski definition) is 2. The van der Waals surface area contributed by atoms with Crippen molar-refractivity contribution >= 4 is 35.4 Å². The van der Waals surface area contributed by atoms with Crippen LogP contribution in [0.3, 0.4) is 0 Å². The van der Waals surface area contributed by atoms with Crippen molar-refractivity contribution in [2.45, 2.75) is 0 Å². The molecule has 9 heteroatoms. The third-order valence-corrected chi connectivity index (χ3v) is 2.11. The van der Waals surface area contributed by atoms with Crippen LogP contribution in [0.2, 0.25) is 10.0 Å². The highest BCUT2D eigenvalue weighted by molar-refractivity contribution is 6.35. The minimum absolute atomic E-state index is 0.425. The van der Waals surface area contributed by atoms with E-state index in [1.54, 1.807) is 23.6 Å². The molecule has 3 N–H and O–H groups in total. The van der Waals surface area contributed by atoms with Crippen LogP contribution < -0.4 is 11.2 Å². The fraction of sp³-hybridized carbons (Fsp3) is 0. The van der Waals surface area contributed by atoms with Crippen molar-refractivity contribution in [2.75, 3.05) is 0 Å². The highest BCUT2D eigenvalue weighted by atomic mass is 35.5. The second-order valence-corrected chi connectivity index (χ2v) is 3.61. The van der Waals surface area contributed by atoms with E-state index in [0.29, 0.717) is 15.6 Å². The van der Waals surface area contributed by atoms with Gasteiger partial charge in [0.2, 0.25) is 0 Å². The molecule has 0 aliphatic carbocycles. The van der Waals surface area contributed by atoms with Crippen molar-refractivity contribution in [1.82, 2.24) is 5.43 Å². The van der Waals surface area contributed by atoms with E-state index in [2.05, 4.69) is 10.2 Å². The number of hydrogen-bond acceptors (Lipinski definition) is 4. The van der Waals surface area contributed by atoms with Gasteiger partial charge < -0.3 is 5.73 Å². The zero-order chi connectivity index (χ0) is 12.8. The lowest BCUT2D eigenvalue weighted by molar-refractivity contribution is -0.525. The molecule has 0 aliphatic rings. The highest BCUT2D eigenvalue weighted by Gasteiger charge is 1.99. The lowest BCUT2D eigenvalue weighted by Crippen LogP contribution is -2.35. The molecule has 1 aromatic rings. The van der Waals surface area contributed by atoms with Gasteiger partial charge in [0.15, 0.2) is 5.03 Å². The summed E-state index contributed by atoms with van der Waals surface area (Å²) in [4.78, 5) is 9.98. The first-order valence-electron chi connectivity index (χ1n) is 4.21. The van der Waals surface area contributed by atoms with Gasteiger partial charge in [0, 0.05) is 15.6 Å². The monoisotopic (exact) mass is 275 g/mol. The predicted molar refractivity (Wildman–Crippen MR) is 65.8 cm³/mol. The summed E-state index contributed by atoms with van der Waals surface area (Å²) in [5.74, 6) is -0.440. The fourth-order valence-corrected chi connectivity index (χ4v) is 1.23. The van der Waals surface area contributed by atoms with Crippen molar-refractivity contribution in [2.24, 2.45) is 15.9 Å². The van der Waals surface area contributed by atoms with E-state index in [4.69, 9.17) is 28.9 Å². The predicted octanol–water partition coefficient (Wildman–Crippen LogP) is 1.42. The Balaban J connectivity index is 2.77. The van der Waals surface area contributed by atoms with E-state index in [9.17, 15) is 10.1 Å². The van der Waals surface area contributed by atoms with Gasteiger partial charge >= 0.3 is 0 Å². The van der Waals surface area contributed by atoms with Gasteiger partial charge in [-0.2, -0.15) is 5.10 Å². The molecule has 1 rings (SSSR count). The summed E-state index contributed by atoms with van der Waals surface area (Å²) in [6.07, 6.45) is 1.28. The zero-order valence-corrected chi connectivity index (χ0v) is 9.81. The Kier molecular flexibility index (Phi) is 4.68. The number of nitrogens with zero attached hydrogens (tertiary/aromatic N) is 3. The van der Waals surface area contributed by atoms with Crippen LogP contribution in [0.5, 0.6) is 0 Å². The zero-order valence-electron chi connectivity index (χ0n) is 8.30. The standard InChI is InChI=1S/C8H7Cl2N5O2/c9-6-1-2-7(10)5(3-6)4-12-13-8(11)14-15(16)17/h1-4H,(H3,11,13,14)/b12-4+. The lowest BCUT2D eigenvalue weighted by Gasteiger charge is -1.97. The summed E-state index contributed by atoms with van der Waals surface area (Å²) in [7, 11) is 0. The Morgan fingerprint density at radius 1 is 1.53 bits per heavy atom. The van der Waals surface area contributed by atoms with E-state index in [0.717, 1.165) is 0 Å². The number of nitrogens with one attached hydrogen (secondary N) is 1. The van der Waals surface area contributed by atoms with Crippen LogP contribution in [-0.4, -0.2) is 17.2 Å². The molecule has 0 aliphatic heterocycles.